The van der Waals surface area contributed by atoms with Gasteiger partial charge in [-0.25, -0.2) is 13.2 Å². The predicted molar refractivity (Wildman–Crippen MR) is 83.6 cm³/mol. The molecule has 0 fully saturated rings. The fraction of sp³-hybridized carbons (Fsp3) is 0.941. The van der Waals surface area contributed by atoms with Gasteiger partial charge >= 0.3 is 24.2 Å². The molecule has 2 unspecified atom stereocenters. The Labute approximate surface area is 153 Å². The molecule has 0 N–H and O–H groups in total. The van der Waals surface area contributed by atoms with Crippen LogP contribution in [0.2, 0.25) is 0 Å². The van der Waals surface area contributed by atoms with Crippen molar-refractivity contribution >= 4 is 5.97 Å². The lowest BCUT2D eigenvalue weighted by molar-refractivity contribution is -0.313. The number of ether oxygens (including phenoxy) is 1. The zero-order chi connectivity index (χ0) is 21.1. The van der Waals surface area contributed by atoms with E-state index in [4.69, 9.17) is 0 Å². The van der Waals surface area contributed by atoms with Gasteiger partial charge in [-0.15, -0.1) is 0 Å². The largest absolute Gasteiger partial charge is 0.424 e. The molecule has 0 saturated carbocycles. The molecule has 162 valence electrons. The normalized spacial score (nSPS) is 15.0. The van der Waals surface area contributed by atoms with Crippen LogP contribution in [0.25, 0.3) is 0 Å². The maximum absolute atomic E-state index is 13.2. The summed E-state index contributed by atoms with van der Waals surface area (Å²) < 4.78 is 106. The van der Waals surface area contributed by atoms with Gasteiger partial charge in [0.25, 0.3) is 6.43 Å². The Kier molecular flexibility index (Phi) is 11.9. The van der Waals surface area contributed by atoms with Gasteiger partial charge in [-0.2, -0.15) is 22.0 Å². The van der Waals surface area contributed by atoms with Crippen LogP contribution in [-0.2, 0) is 9.53 Å². The highest BCUT2D eigenvalue weighted by molar-refractivity contribution is 5.69. The van der Waals surface area contributed by atoms with Crippen molar-refractivity contribution in [1.29, 1.82) is 0 Å². The molecule has 0 heterocycles. The van der Waals surface area contributed by atoms with Gasteiger partial charge in [-0.3, -0.25) is 4.79 Å². The fourth-order valence-electron chi connectivity index (χ4n) is 2.32. The molecule has 0 aliphatic rings. The van der Waals surface area contributed by atoms with Crippen molar-refractivity contribution in [3.63, 3.8) is 0 Å². The van der Waals surface area contributed by atoms with E-state index in [-0.39, 0.29) is 6.42 Å². The quantitative estimate of drug-likeness (QED) is 0.171. The second-order valence-corrected chi connectivity index (χ2v) is 6.37. The van der Waals surface area contributed by atoms with Crippen LogP contribution in [-0.4, -0.2) is 36.8 Å². The van der Waals surface area contributed by atoms with Crippen molar-refractivity contribution < 1.29 is 44.7 Å². The summed E-state index contributed by atoms with van der Waals surface area (Å²) >= 11 is 0. The van der Waals surface area contributed by atoms with E-state index in [0.717, 1.165) is 44.9 Å². The standard InChI is InChI=1S/C17H26F8O2/c1-2-3-4-5-6-7-8-9-10-11-12(26)27-15(21)17(24,25)16(22,23)13(18)14(19)20/h13-15H,2-11H2,1H3. The minimum Gasteiger partial charge on any atom is -0.424 e. The van der Waals surface area contributed by atoms with Crippen LogP contribution >= 0.6 is 0 Å². The van der Waals surface area contributed by atoms with E-state index in [9.17, 15) is 39.9 Å². The molecule has 27 heavy (non-hydrogen) atoms. The zero-order valence-corrected chi connectivity index (χ0v) is 15.1. The van der Waals surface area contributed by atoms with Crippen molar-refractivity contribution in [2.75, 3.05) is 0 Å². The Balaban J connectivity index is 4.19. The molecule has 10 heteroatoms. The number of halogens is 8. The van der Waals surface area contributed by atoms with E-state index >= 15 is 0 Å². The number of alkyl halides is 8. The highest BCUT2D eigenvalue weighted by Crippen LogP contribution is 2.44. The first-order chi connectivity index (χ1) is 12.5. The van der Waals surface area contributed by atoms with Crippen molar-refractivity contribution in [3.8, 4) is 0 Å². The Bertz CT molecular complexity index is 418. The highest BCUT2D eigenvalue weighted by atomic mass is 19.3. The maximum atomic E-state index is 13.2. The number of carbonyl (C=O) groups excluding carboxylic acids is 1. The summed E-state index contributed by atoms with van der Waals surface area (Å²) in [4.78, 5) is 11.3. The second kappa shape index (κ2) is 12.4. The molecule has 2 nitrogen and oxygen atoms in total. The highest BCUT2D eigenvalue weighted by Gasteiger charge is 2.70. The van der Waals surface area contributed by atoms with E-state index in [0.29, 0.717) is 6.42 Å². The summed E-state index contributed by atoms with van der Waals surface area (Å²) in [5.74, 6) is -13.5. The molecule has 0 aromatic heterocycles. The molecule has 0 amide bonds. The molecule has 0 radical (unpaired) electrons. The first kappa shape index (κ1) is 25.9. The minimum atomic E-state index is -6.03. The van der Waals surface area contributed by atoms with Crippen molar-refractivity contribution in [2.24, 2.45) is 0 Å². The van der Waals surface area contributed by atoms with Crippen LogP contribution in [0.1, 0.15) is 71.1 Å². The molecule has 0 aromatic rings. The Hall–Kier alpha value is -1.09. The summed E-state index contributed by atoms with van der Waals surface area (Å²) in [5.41, 5.74) is 0. The van der Waals surface area contributed by atoms with Gasteiger partial charge in [0.15, 0.2) is 0 Å². The van der Waals surface area contributed by atoms with Gasteiger partial charge in [-0.1, -0.05) is 58.3 Å². The van der Waals surface area contributed by atoms with Crippen molar-refractivity contribution in [3.05, 3.63) is 0 Å². The Morgan fingerprint density at radius 1 is 0.778 bits per heavy atom. The molecular weight excluding hydrogens is 388 g/mol. The molecule has 2 atom stereocenters. The molecule has 0 rings (SSSR count). The number of carbonyl (C=O) groups is 1. The van der Waals surface area contributed by atoms with Gasteiger partial charge < -0.3 is 4.74 Å². The molecular formula is C17H26F8O2. The number of rotatable bonds is 15. The first-order valence-corrected chi connectivity index (χ1v) is 8.99. The SMILES string of the molecule is CCCCCCCCCCCC(=O)OC(F)C(F)(F)C(F)(F)C(F)C(F)F. The summed E-state index contributed by atoms with van der Waals surface area (Å²) in [7, 11) is 0. The second-order valence-electron chi connectivity index (χ2n) is 6.37. The average molecular weight is 414 g/mol. The monoisotopic (exact) mass is 414 g/mol. The molecule has 0 bridgehead atoms. The van der Waals surface area contributed by atoms with Crippen molar-refractivity contribution in [1.82, 2.24) is 0 Å². The lowest BCUT2D eigenvalue weighted by atomic mass is 10.1. The van der Waals surface area contributed by atoms with Crippen LogP contribution in [0, 0.1) is 0 Å². The van der Waals surface area contributed by atoms with E-state index in [2.05, 4.69) is 11.7 Å². The summed E-state index contributed by atoms with van der Waals surface area (Å²) in [5, 5.41) is 0. The van der Waals surface area contributed by atoms with Crippen LogP contribution in [0.5, 0.6) is 0 Å². The van der Waals surface area contributed by atoms with Crippen LogP contribution in [0.4, 0.5) is 35.1 Å². The predicted octanol–water partition coefficient (Wildman–Crippen LogP) is 6.62. The minimum absolute atomic E-state index is 0.172. The number of hydrogen-bond donors (Lipinski definition) is 0. The zero-order valence-electron chi connectivity index (χ0n) is 15.1. The third-order valence-electron chi connectivity index (χ3n) is 4.02. The molecule has 0 saturated heterocycles. The summed E-state index contributed by atoms with van der Waals surface area (Å²) in [6.07, 6.45) is -5.91. The van der Waals surface area contributed by atoms with Crippen molar-refractivity contribution in [2.45, 2.75) is 102 Å². The Morgan fingerprint density at radius 2 is 1.22 bits per heavy atom. The molecule has 0 aromatic carbocycles. The van der Waals surface area contributed by atoms with E-state index in [1.807, 2.05) is 0 Å². The molecule has 0 aliphatic heterocycles. The van der Waals surface area contributed by atoms with Gasteiger partial charge in [-0.05, 0) is 6.42 Å². The fourth-order valence-corrected chi connectivity index (χ4v) is 2.32. The first-order valence-electron chi connectivity index (χ1n) is 8.99. The average Bonchev–Trinajstić information content (AvgIpc) is 2.59. The van der Waals surface area contributed by atoms with Gasteiger partial charge in [0.2, 0.25) is 6.17 Å². The van der Waals surface area contributed by atoms with Gasteiger partial charge in [0.1, 0.15) is 0 Å². The summed E-state index contributed by atoms with van der Waals surface area (Å²) in [6.45, 7) is 2.09. The third-order valence-corrected chi connectivity index (χ3v) is 4.02. The third kappa shape index (κ3) is 8.64. The Morgan fingerprint density at radius 3 is 1.67 bits per heavy atom. The number of hydrogen-bond acceptors (Lipinski definition) is 2. The number of esters is 1. The van der Waals surface area contributed by atoms with Crippen LogP contribution < -0.4 is 0 Å². The van der Waals surface area contributed by atoms with Gasteiger partial charge in [0, 0.05) is 6.42 Å². The lowest BCUT2D eigenvalue weighted by Crippen LogP contribution is -2.56. The number of unbranched alkanes of at least 4 members (excludes halogenated alkanes) is 8. The molecule has 0 aliphatic carbocycles. The van der Waals surface area contributed by atoms with Crippen LogP contribution in [0.15, 0.2) is 0 Å². The topological polar surface area (TPSA) is 26.3 Å². The lowest BCUT2D eigenvalue weighted by Gasteiger charge is -2.30. The maximum Gasteiger partial charge on any atom is 0.378 e. The summed E-state index contributed by atoms with van der Waals surface area (Å²) in [6, 6.07) is 0. The van der Waals surface area contributed by atoms with E-state index in [1.165, 1.54) is 0 Å². The van der Waals surface area contributed by atoms with Crippen LogP contribution in [0.3, 0.4) is 0 Å². The smallest absolute Gasteiger partial charge is 0.378 e. The van der Waals surface area contributed by atoms with E-state index < -0.39 is 43.2 Å². The molecule has 0 spiro atoms. The van der Waals surface area contributed by atoms with E-state index in [1.54, 1.807) is 0 Å². The van der Waals surface area contributed by atoms with Gasteiger partial charge in [0.05, 0.1) is 0 Å².